The lowest BCUT2D eigenvalue weighted by atomic mass is 9.97. The second-order valence-corrected chi connectivity index (χ2v) is 7.53. The number of hydrogen-bond acceptors (Lipinski definition) is 4. The molecule has 21 heavy (non-hydrogen) atoms. The van der Waals surface area contributed by atoms with Crippen LogP contribution >= 0.6 is 11.6 Å². The quantitative estimate of drug-likeness (QED) is 0.822. The van der Waals surface area contributed by atoms with Crippen LogP contribution in [0.15, 0.2) is 17.0 Å². The van der Waals surface area contributed by atoms with Gasteiger partial charge in [0.25, 0.3) is 0 Å². The zero-order valence-electron chi connectivity index (χ0n) is 11.4. The van der Waals surface area contributed by atoms with E-state index >= 15 is 0 Å². The maximum atomic E-state index is 14.0. The van der Waals surface area contributed by atoms with E-state index in [1.807, 2.05) is 0 Å². The number of rotatable bonds is 4. The highest BCUT2D eigenvalue weighted by Crippen LogP contribution is 2.30. The number of hydrogen-bond donors (Lipinski definition) is 2. The third-order valence-corrected chi connectivity index (χ3v) is 5.75. The number of piperidine rings is 1. The number of aliphatic hydroxyl groups excluding tert-OH is 1. The molecular formula is C13H18ClFN2O3S. The maximum Gasteiger partial charge on any atom is 0.246 e. The molecule has 0 aromatic heterocycles. The first kappa shape index (κ1) is 16.5. The van der Waals surface area contributed by atoms with Crippen LogP contribution in [0.1, 0.15) is 19.3 Å². The van der Waals surface area contributed by atoms with E-state index < -0.39 is 20.7 Å². The second kappa shape index (κ2) is 6.48. The van der Waals surface area contributed by atoms with E-state index in [4.69, 9.17) is 22.4 Å². The average Bonchev–Trinajstić information content (AvgIpc) is 2.43. The topological polar surface area (TPSA) is 83.6 Å². The van der Waals surface area contributed by atoms with Crippen LogP contribution in [0.2, 0.25) is 5.02 Å². The largest absolute Gasteiger partial charge is 0.396 e. The number of halogens is 2. The maximum absolute atomic E-state index is 14.0. The van der Waals surface area contributed by atoms with Gasteiger partial charge in [-0.1, -0.05) is 11.6 Å². The van der Waals surface area contributed by atoms with Crippen molar-refractivity contribution in [1.82, 2.24) is 4.31 Å². The normalized spacial score (nSPS) is 20.6. The van der Waals surface area contributed by atoms with Gasteiger partial charge in [-0.25, -0.2) is 12.8 Å². The van der Waals surface area contributed by atoms with Crippen molar-refractivity contribution >= 4 is 27.3 Å². The molecule has 1 aliphatic rings. The lowest BCUT2D eigenvalue weighted by Gasteiger charge is -2.31. The Hall–Kier alpha value is -0.890. The van der Waals surface area contributed by atoms with Gasteiger partial charge < -0.3 is 10.8 Å². The predicted molar refractivity (Wildman–Crippen MR) is 79.0 cm³/mol. The van der Waals surface area contributed by atoms with Crippen LogP contribution in [0.5, 0.6) is 0 Å². The van der Waals surface area contributed by atoms with Crippen molar-refractivity contribution in [1.29, 1.82) is 0 Å². The second-order valence-electron chi connectivity index (χ2n) is 5.19. The summed E-state index contributed by atoms with van der Waals surface area (Å²) < 4.78 is 40.4. The summed E-state index contributed by atoms with van der Waals surface area (Å²) in [5.41, 5.74) is 5.16. The fourth-order valence-electron chi connectivity index (χ4n) is 2.57. The molecule has 2 rings (SSSR count). The summed E-state index contributed by atoms with van der Waals surface area (Å²) in [7, 11) is -3.98. The van der Waals surface area contributed by atoms with Crippen molar-refractivity contribution in [2.75, 3.05) is 25.4 Å². The monoisotopic (exact) mass is 336 g/mol. The minimum Gasteiger partial charge on any atom is -0.396 e. The number of anilines is 1. The molecule has 1 unspecified atom stereocenters. The van der Waals surface area contributed by atoms with Crippen molar-refractivity contribution in [3.05, 3.63) is 23.0 Å². The molecule has 0 radical (unpaired) electrons. The van der Waals surface area contributed by atoms with Gasteiger partial charge in [0.1, 0.15) is 4.90 Å². The molecule has 118 valence electrons. The highest BCUT2D eigenvalue weighted by atomic mass is 35.5. The first-order valence-corrected chi connectivity index (χ1v) is 8.53. The third kappa shape index (κ3) is 3.48. The molecule has 1 aliphatic heterocycles. The van der Waals surface area contributed by atoms with Crippen molar-refractivity contribution in [3.63, 3.8) is 0 Å². The minimum absolute atomic E-state index is 0.0109. The number of nitrogens with zero attached hydrogens (tertiary/aromatic N) is 1. The van der Waals surface area contributed by atoms with Crippen LogP contribution in [0, 0.1) is 11.7 Å². The van der Waals surface area contributed by atoms with Crippen molar-refractivity contribution in [2.24, 2.45) is 5.92 Å². The minimum atomic E-state index is -3.98. The number of nitrogen functional groups attached to an aromatic ring is 1. The summed E-state index contributed by atoms with van der Waals surface area (Å²) in [5, 5.41) is 9.06. The number of aliphatic hydroxyl groups is 1. The molecule has 0 bridgehead atoms. The SMILES string of the molecule is Nc1cc(Cl)cc(S(=O)(=O)N2CCCC(CCO)C2)c1F. The standard InChI is InChI=1S/C13H18ClFN2O3S/c14-10-6-11(16)13(15)12(7-10)21(19,20)17-4-1-2-9(8-17)3-5-18/h6-7,9,18H,1-5,8,16H2. The third-order valence-electron chi connectivity index (χ3n) is 3.67. The van der Waals surface area contributed by atoms with Crippen LogP contribution < -0.4 is 5.73 Å². The predicted octanol–water partition coefficient (Wildman–Crippen LogP) is 1.84. The molecular weight excluding hydrogens is 319 g/mol. The van der Waals surface area contributed by atoms with Crippen LogP contribution in [-0.2, 0) is 10.0 Å². The Balaban J connectivity index is 2.34. The van der Waals surface area contributed by atoms with Gasteiger partial charge in [0.2, 0.25) is 10.0 Å². The van der Waals surface area contributed by atoms with E-state index in [1.54, 1.807) is 0 Å². The summed E-state index contributed by atoms with van der Waals surface area (Å²) in [6.07, 6.45) is 2.07. The van der Waals surface area contributed by atoms with Crippen LogP contribution in [0.3, 0.4) is 0 Å². The van der Waals surface area contributed by atoms with E-state index in [9.17, 15) is 12.8 Å². The summed E-state index contributed by atoms with van der Waals surface area (Å²) in [6, 6.07) is 2.26. The van der Waals surface area contributed by atoms with Gasteiger partial charge in [-0.05, 0) is 37.3 Å². The molecule has 8 heteroatoms. The zero-order valence-corrected chi connectivity index (χ0v) is 13.0. The number of benzene rings is 1. The number of sulfonamides is 1. The molecule has 3 N–H and O–H groups in total. The first-order valence-electron chi connectivity index (χ1n) is 6.71. The number of nitrogens with two attached hydrogens (primary N) is 1. The van der Waals surface area contributed by atoms with Crippen molar-refractivity contribution < 1.29 is 17.9 Å². The summed E-state index contributed by atoms with van der Waals surface area (Å²) in [5.74, 6) is -0.887. The smallest absolute Gasteiger partial charge is 0.246 e. The first-order chi connectivity index (χ1) is 9.86. The van der Waals surface area contributed by atoms with Crippen LogP contribution in [-0.4, -0.2) is 37.5 Å². The molecule has 1 aromatic carbocycles. The van der Waals surface area contributed by atoms with Gasteiger partial charge in [-0.3, -0.25) is 0 Å². The Morgan fingerprint density at radius 2 is 2.19 bits per heavy atom. The van der Waals surface area contributed by atoms with E-state index in [2.05, 4.69) is 0 Å². The van der Waals surface area contributed by atoms with Crippen molar-refractivity contribution in [3.8, 4) is 0 Å². The zero-order chi connectivity index (χ0) is 15.6. The Bertz CT molecular complexity index is 622. The molecule has 0 saturated carbocycles. The lowest BCUT2D eigenvalue weighted by Crippen LogP contribution is -2.40. The Morgan fingerprint density at radius 1 is 1.48 bits per heavy atom. The molecule has 0 amide bonds. The Morgan fingerprint density at radius 3 is 2.86 bits per heavy atom. The van der Waals surface area contributed by atoms with Gasteiger partial charge in [-0.15, -0.1) is 0 Å². The molecule has 1 heterocycles. The lowest BCUT2D eigenvalue weighted by molar-refractivity contribution is 0.202. The van der Waals surface area contributed by atoms with E-state index in [-0.39, 0.29) is 29.8 Å². The summed E-state index contributed by atoms with van der Waals surface area (Å²) >= 11 is 5.78. The molecule has 1 atom stereocenters. The Kier molecular flexibility index (Phi) is 5.08. The highest BCUT2D eigenvalue weighted by Gasteiger charge is 2.32. The summed E-state index contributed by atoms with van der Waals surface area (Å²) in [4.78, 5) is -0.489. The van der Waals surface area contributed by atoms with Gasteiger partial charge in [0.05, 0.1) is 5.69 Å². The fourth-order valence-corrected chi connectivity index (χ4v) is 4.54. The van der Waals surface area contributed by atoms with Crippen LogP contribution in [0.4, 0.5) is 10.1 Å². The van der Waals surface area contributed by atoms with Gasteiger partial charge in [-0.2, -0.15) is 4.31 Å². The Labute approximate surface area is 128 Å². The van der Waals surface area contributed by atoms with Gasteiger partial charge in [0, 0.05) is 24.7 Å². The molecule has 1 saturated heterocycles. The molecule has 1 fully saturated rings. The van der Waals surface area contributed by atoms with Crippen LogP contribution in [0.25, 0.3) is 0 Å². The molecule has 0 spiro atoms. The van der Waals surface area contributed by atoms with Gasteiger partial charge >= 0.3 is 0 Å². The van der Waals surface area contributed by atoms with Crippen molar-refractivity contribution in [2.45, 2.75) is 24.2 Å². The molecule has 5 nitrogen and oxygen atoms in total. The fraction of sp³-hybridized carbons (Fsp3) is 0.538. The van der Waals surface area contributed by atoms with E-state index in [0.29, 0.717) is 19.4 Å². The molecule has 1 aromatic rings. The molecule has 0 aliphatic carbocycles. The summed E-state index contributed by atoms with van der Waals surface area (Å²) in [6.45, 7) is 0.613. The average molecular weight is 337 g/mol. The van der Waals surface area contributed by atoms with Gasteiger partial charge in [0.15, 0.2) is 5.82 Å². The van der Waals surface area contributed by atoms with E-state index in [0.717, 1.165) is 12.5 Å². The van der Waals surface area contributed by atoms with E-state index in [1.165, 1.54) is 10.4 Å². The highest BCUT2D eigenvalue weighted by molar-refractivity contribution is 7.89.